The van der Waals surface area contributed by atoms with Gasteiger partial charge in [-0.2, -0.15) is 12.7 Å². The van der Waals surface area contributed by atoms with Gasteiger partial charge in [-0.3, -0.25) is 28.8 Å². The van der Waals surface area contributed by atoms with Gasteiger partial charge in [-0.15, -0.1) is 6.58 Å². The molecule has 1 aromatic rings. The summed E-state index contributed by atoms with van der Waals surface area (Å²) >= 11 is 0. The summed E-state index contributed by atoms with van der Waals surface area (Å²) in [5.74, 6) is -3.96. The van der Waals surface area contributed by atoms with Crippen LogP contribution in [0.15, 0.2) is 12.7 Å². The Hall–Kier alpha value is -4.05. The van der Waals surface area contributed by atoms with Gasteiger partial charge in [0.25, 0.3) is 11.8 Å². The van der Waals surface area contributed by atoms with E-state index in [1.54, 1.807) is 39.5 Å². The third-order valence-electron chi connectivity index (χ3n) is 14.3. The van der Waals surface area contributed by atoms with Crippen LogP contribution in [0.1, 0.15) is 127 Å². The summed E-state index contributed by atoms with van der Waals surface area (Å²) in [6.07, 6.45) is 4.99. The average Bonchev–Trinajstić information content (AvgIpc) is 4.00. The lowest BCUT2D eigenvalue weighted by Crippen LogP contribution is -2.63. The zero-order valence-corrected chi connectivity index (χ0v) is 36.1. The summed E-state index contributed by atoms with van der Waals surface area (Å²) in [4.78, 5) is 88.5. The molecule has 5 amide bonds. The molecule has 3 heterocycles. The number of aryl methyl sites for hydroxylation is 1. The molecule has 6 atom stereocenters. The number of nitrogens with zero attached hydrogens (tertiary/aromatic N) is 2. The van der Waals surface area contributed by atoms with Gasteiger partial charge in [0.05, 0.1) is 5.56 Å². The molecule has 5 N–H and O–H groups in total. The topological polar surface area (TPSA) is 207 Å². The van der Waals surface area contributed by atoms with Gasteiger partial charge in [-0.25, -0.2) is 4.72 Å². The first kappa shape index (κ1) is 42.6. The van der Waals surface area contributed by atoms with Crippen LogP contribution in [0.25, 0.3) is 0 Å². The van der Waals surface area contributed by atoms with Crippen molar-refractivity contribution in [2.75, 3.05) is 19.6 Å². The fourth-order valence-corrected chi connectivity index (χ4v) is 11.3. The van der Waals surface area contributed by atoms with Gasteiger partial charge in [0.1, 0.15) is 29.4 Å². The number of amides is 5. The number of Topliss-reactive ketones (excluding diaryl/α,β-unsaturated/α-hetero) is 1. The van der Waals surface area contributed by atoms with Crippen LogP contribution in [0.4, 0.5) is 0 Å². The Balaban J connectivity index is 1.29. The molecular weight excluding hydrogens is 751 g/mol. The van der Waals surface area contributed by atoms with Crippen molar-refractivity contribution < 1.29 is 37.2 Å². The van der Waals surface area contributed by atoms with E-state index in [2.05, 4.69) is 46.1 Å². The van der Waals surface area contributed by atoms with Crippen molar-refractivity contribution >= 4 is 45.5 Å². The highest BCUT2D eigenvalue weighted by Gasteiger charge is 2.85. The second kappa shape index (κ2) is 13.5. The number of carbonyl (C=O) groups excluding carboxylic acids is 6. The van der Waals surface area contributed by atoms with E-state index in [1.165, 1.54) is 13.0 Å². The second-order valence-electron chi connectivity index (χ2n) is 19.9. The summed E-state index contributed by atoms with van der Waals surface area (Å²) in [6, 6.07) is -3.29. The molecule has 15 nitrogen and oxygen atoms in total. The van der Waals surface area contributed by atoms with Crippen LogP contribution in [-0.2, 0) is 29.4 Å². The van der Waals surface area contributed by atoms with Gasteiger partial charge in [0, 0.05) is 36.7 Å². The molecule has 2 saturated heterocycles. The number of likely N-dealkylation sites (tertiary alicyclic amines) is 1. The first-order valence-electron chi connectivity index (χ1n) is 20.0. The van der Waals surface area contributed by atoms with Crippen LogP contribution in [0.5, 0.6) is 0 Å². The summed E-state index contributed by atoms with van der Waals surface area (Å²) in [6.45, 7) is 24.7. The number of carbonyl (C=O) groups is 6. The third kappa shape index (κ3) is 6.71. The summed E-state index contributed by atoms with van der Waals surface area (Å²) in [5, 5.41) is 8.67. The molecule has 0 radical (unpaired) electrons. The molecule has 2 aliphatic heterocycles. The predicted octanol–water partition coefficient (Wildman–Crippen LogP) is 3.04. The van der Waals surface area contributed by atoms with Gasteiger partial charge in [-0.05, 0) is 73.7 Å². The van der Waals surface area contributed by atoms with E-state index >= 15 is 4.79 Å². The number of aromatic nitrogens is 1. The highest BCUT2D eigenvalue weighted by Crippen LogP contribution is 2.88. The summed E-state index contributed by atoms with van der Waals surface area (Å²) in [7, 11) is -4.06. The number of hydrogen-bond donors (Lipinski definition) is 5. The van der Waals surface area contributed by atoms with Crippen molar-refractivity contribution in [2.24, 2.45) is 33.0 Å². The minimum Gasteiger partial charge on any atom is -0.354 e. The molecule has 16 heteroatoms. The maximum Gasteiger partial charge on any atom is 0.303 e. The van der Waals surface area contributed by atoms with Crippen molar-refractivity contribution in [3.05, 3.63) is 35.2 Å². The molecule has 6 rings (SSSR count). The fraction of sp³-hybridized carbons (Fsp3) is 0.707. The molecule has 0 aromatic carbocycles. The predicted molar refractivity (Wildman–Crippen MR) is 213 cm³/mol. The van der Waals surface area contributed by atoms with Crippen molar-refractivity contribution in [3.63, 3.8) is 0 Å². The highest BCUT2D eigenvalue weighted by atomic mass is 32.2. The molecule has 0 unspecified atom stereocenters. The van der Waals surface area contributed by atoms with Crippen molar-refractivity contribution in [2.45, 2.75) is 132 Å². The minimum absolute atomic E-state index is 0.0552. The van der Waals surface area contributed by atoms with E-state index in [0.717, 1.165) is 23.6 Å². The number of ketones is 1. The first-order chi connectivity index (χ1) is 26.1. The van der Waals surface area contributed by atoms with Crippen LogP contribution in [0.3, 0.4) is 0 Å². The largest absolute Gasteiger partial charge is 0.354 e. The van der Waals surface area contributed by atoms with Crippen molar-refractivity contribution in [1.82, 2.24) is 34.9 Å². The first-order valence-corrected chi connectivity index (χ1v) is 21.5. The van der Waals surface area contributed by atoms with E-state index in [-0.39, 0.29) is 46.3 Å². The number of hydrogen-bond acceptors (Lipinski definition) is 8. The normalized spacial score (nSPS) is 28.2. The lowest BCUT2D eigenvalue weighted by atomic mass is 9.73. The minimum atomic E-state index is -4.06. The second-order valence-corrected chi connectivity index (χ2v) is 21.6. The quantitative estimate of drug-likeness (QED) is 0.120. The van der Waals surface area contributed by atoms with E-state index < -0.39 is 80.2 Å². The Morgan fingerprint density at radius 1 is 0.912 bits per heavy atom. The Morgan fingerprint density at radius 3 is 1.96 bits per heavy atom. The maximum absolute atomic E-state index is 15.1. The molecule has 2 spiro atoms. The van der Waals surface area contributed by atoms with Gasteiger partial charge >= 0.3 is 10.2 Å². The molecule has 5 fully saturated rings. The van der Waals surface area contributed by atoms with Crippen molar-refractivity contribution in [1.29, 1.82) is 0 Å². The Bertz CT molecular complexity index is 2050. The molecule has 314 valence electrons. The van der Waals surface area contributed by atoms with E-state index in [4.69, 9.17) is 0 Å². The summed E-state index contributed by atoms with van der Waals surface area (Å²) in [5.41, 5.74) is -2.29. The number of H-pyrrole nitrogens is 1. The fourth-order valence-electron chi connectivity index (χ4n) is 10.2. The lowest BCUT2D eigenvalue weighted by Gasteiger charge is -2.38. The van der Waals surface area contributed by atoms with E-state index in [9.17, 15) is 32.4 Å². The Kier molecular flexibility index (Phi) is 10.1. The molecule has 3 saturated carbocycles. The lowest BCUT2D eigenvalue weighted by molar-refractivity contribution is -0.145. The number of rotatable bonds is 12. The molecule has 1 aromatic heterocycles. The Morgan fingerprint density at radius 2 is 1.51 bits per heavy atom. The zero-order valence-electron chi connectivity index (χ0n) is 35.3. The monoisotopic (exact) mass is 811 g/mol. The van der Waals surface area contributed by atoms with Gasteiger partial charge in [0.2, 0.25) is 17.7 Å². The van der Waals surface area contributed by atoms with Gasteiger partial charge in [0.15, 0.2) is 5.78 Å². The average molecular weight is 812 g/mol. The van der Waals surface area contributed by atoms with Crippen LogP contribution < -0.4 is 20.7 Å². The molecule has 57 heavy (non-hydrogen) atoms. The highest BCUT2D eigenvalue weighted by molar-refractivity contribution is 7.88. The number of fused-ring (bicyclic) bond motifs is 1. The summed E-state index contributed by atoms with van der Waals surface area (Å²) < 4.78 is 28.7. The van der Waals surface area contributed by atoms with Gasteiger partial charge < -0.3 is 25.8 Å². The van der Waals surface area contributed by atoms with Crippen LogP contribution in [-0.4, -0.2) is 101 Å². The standard InChI is InChI=1S/C41H61N7O8S/c1-13-25-19-41(25,35(54)46-57(55,56)47-17-18-47)45-31(50)26-20-40(38(11,12)39(40)15-14-16-39)21-48(26)34(53)30(37(8,9)10)44-33(52)29(36(5,6)7)43-32(51)28-27(24(4)49)22(2)23(3)42-28/h13,25-26,29-30,42H,1,14-21H2,2-12H3,(H,43,51)(H,44,52)(H,45,50)(H,46,54)/t25-,26+,29-,30-,40-,41-/m1/s1. The number of nitrogens with one attached hydrogen (secondary N) is 5. The smallest absolute Gasteiger partial charge is 0.303 e. The SMILES string of the molecule is C=C[C@@H]1C[C@]1(NC(=O)[C@@H]1C[C@@]2(CN1C(=O)[C@@H](NC(=O)[C@@H](NC(=O)c1[nH]c(C)c(C)c1C(C)=O)C(C)(C)C)C(C)(C)C)C(C)(C)C21CCC1)C(=O)NS(=O)(=O)N1CC1. The van der Waals surface area contributed by atoms with Crippen LogP contribution >= 0.6 is 0 Å². The van der Waals surface area contributed by atoms with Gasteiger partial charge in [-0.1, -0.05) is 67.9 Å². The van der Waals surface area contributed by atoms with E-state index in [0.29, 0.717) is 30.8 Å². The maximum atomic E-state index is 15.1. The van der Waals surface area contributed by atoms with Crippen molar-refractivity contribution in [3.8, 4) is 0 Å². The molecular formula is C41H61N7O8S. The third-order valence-corrected chi connectivity index (χ3v) is 15.8. The zero-order chi connectivity index (χ0) is 42.6. The van der Waals surface area contributed by atoms with E-state index in [1.807, 2.05) is 20.8 Å². The number of aromatic amines is 1. The van der Waals surface area contributed by atoms with Crippen LogP contribution in [0.2, 0.25) is 0 Å². The Labute approximate surface area is 336 Å². The van der Waals surface area contributed by atoms with Crippen LogP contribution in [0, 0.1) is 46.8 Å². The molecule has 3 aliphatic carbocycles. The molecule has 5 aliphatic rings. The molecule has 0 bridgehead atoms.